The zero-order chi connectivity index (χ0) is 19.0. The fourth-order valence-corrected chi connectivity index (χ4v) is 3.29. The van der Waals surface area contributed by atoms with Gasteiger partial charge in [0.2, 0.25) is 5.82 Å². The van der Waals surface area contributed by atoms with Gasteiger partial charge in [0.05, 0.1) is 25.6 Å². The molecule has 2 aromatic rings. The number of hydrogen-bond acceptors (Lipinski definition) is 4. The lowest BCUT2D eigenvalue weighted by Crippen LogP contribution is -2.25. The van der Waals surface area contributed by atoms with E-state index in [2.05, 4.69) is 10.1 Å². The maximum atomic E-state index is 14.3. The Morgan fingerprint density at radius 1 is 1.19 bits per heavy atom. The topological polar surface area (TPSA) is 74.5 Å². The lowest BCUT2D eigenvalue weighted by molar-refractivity contribution is 0.101. The van der Waals surface area contributed by atoms with Crippen molar-refractivity contribution in [2.75, 3.05) is 19.5 Å². The number of carbonyl (C=O) groups excluding carboxylic acids is 1. The summed E-state index contributed by atoms with van der Waals surface area (Å²) in [4.78, 5) is 25.0. The number of halogens is 2. The minimum absolute atomic E-state index is 0.174. The Morgan fingerprint density at radius 2 is 1.88 bits per heavy atom. The van der Waals surface area contributed by atoms with Crippen molar-refractivity contribution >= 4 is 11.6 Å². The molecule has 0 bridgehead atoms. The molecule has 7 nitrogen and oxygen atoms in total. The van der Waals surface area contributed by atoms with Crippen LogP contribution in [-0.4, -0.2) is 29.3 Å². The van der Waals surface area contributed by atoms with E-state index in [9.17, 15) is 18.4 Å². The van der Waals surface area contributed by atoms with Crippen LogP contribution in [0.4, 0.5) is 14.5 Å². The average Bonchev–Trinajstić information content (AvgIpc) is 2.87. The van der Waals surface area contributed by atoms with Gasteiger partial charge in [-0.3, -0.25) is 13.9 Å². The van der Waals surface area contributed by atoms with E-state index in [1.807, 2.05) is 0 Å². The summed E-state index contributed by atoms with van der Waals surface area (Å²) in [6, 6.07) is 0.916. The second kappa shape index (κ2) is 6.81. The van der Waals surface area contributed by atoms with Crippen molar-refractivity contribution in [3.05, 3.63) is 39.6 Å². The summed E-state index contributed by atoms with van der Waals surface area (Å²) in [5.41, 5.74) is 0.323. The van der Waals surface area contributed by atoms with Crippen LogP contribution in [0.15, 0.2) is 10.9 Å². The third-order valence-electron chi connectivity index (χ3n) is 4.50. The van der Waals surface area contributed by atoms with Crippen molar-refractivity contribution in [3.8, 4) is 11.5 Å². The van der Waals surface area contributed by atoms with Crippen molar-refractivity contribution < 1.29 is 23.0 Å². The molecule has 0 aliphatic carbocycles. The predicted molar refractivity (Wildman–Crippen MR) is 90.0 cm³/mol. The van der Waals surface area contributed by atoms with E-state index in [-0.39, 0.29) is 22.8 Å². The highest BCUT2D eigenvalue weighted by Gasteiger charge is 2.27. The number of amides is 1. The van der Waals surface area contributed by atoms with Crippen LogP contribution in [0, 0.1) is 11.6 Å². The van der Waals surface area contributed by atoms with Crippen molar-refractivity contribution in [1.29, 1.82) is 0 Å². The average molecular weight is 367 g/mol. The Kier molecular flexibility index (Phi) is 4.71. The summed E-state index contributed by atoms with van der Waals surface area (Å²) in [5, 5.41) is 2.44. The van der Waals surface area contributed by atoms with Crippen LogP contribution >= 0.6 is 0 Å². The number of imidazole rings is 1. The lowest BCUT2D eigenvalue weighted by atomic mass is 10.1. The molecule has 1 N–H and O–H groups in total. The number of hydrogen-bond donors (Lipinski definition) is 1. The van der Waals surface area contributed by atoms with Crippen LogP contribution in [0.3, 0.4) is 0 Å². The van der Waals surface area contributed by atoms with E-state index in [0.29, 0.717) is 18.7 Å². The number of aromatic nitrogens is 2. The van der Waals surface area contributed by atoms with Gasteiger partial charge in [-0.25, -0.2) is 9.18 Å². The van der Waals surface area contributed by atoms with E-state index in [1.165, 1.54) is 18.7 Å². The largest absolute Gasteiger partial charge is 0.491 e. The fourth-order valence-electron chi connectivity index (χ4n) is 3.29. The molecule has 1 amide bonds. The third-order valence-corrected chi connectivity index (χ3v) is 4.50. The Bertz CT molecular complexity index is 933. The Labute approximate surface area is 148 Å². The van der Waals surface area contributed by atoms with Gasteiger partial charge in [0.25, 0.3) is 5.91 Å². The number of methoxy groups -OCH3 is 2. The van der Waals surface area contributed by atoms with Gasteiger partial charge in [0.15, 0.2) is 17.3 Å². The Balaban J connectivity index is 2.04. The molecule has 0 saturated heterocycles. The molecule has 0 spiro atoms. The Morgan fingerprint density at radius 3 is 2.54 bits per heavy atom. The van der Waals surface area contributed by atoms with Gasteiger partial charge in [-0.2, -0.15) is 4.39 Å². The number of rotatable bonds is 4. The van der Waals surface area contributed by atoms with Gasteiger partial charge in [-0.15, -0.1) is 0 Å². The number of anilines is 1. The summed E-state index contributed by atoms with van der Waals surface area (Å²) in [6.07, 6.45) is 2.31. The predicted octanol–water partition coefficient (Wildman–Crippen LogP) is 2.07. The molecule has 0 fully saturated rings. The first-order chi connectivity index (χ1) is 12.4. The van der Waals surface area contributed by atoms with Crippen molar-refractivity contribution in [2.24, 2.45) is 7.05 Å². The smallest absolute Gasteiger partial charge is 0.328 e. The maximum Gasteiger partial charge on any atom is 0.328 e. The zero-order valence-corrected chi connectivity index (χ0v) is 14.7. The number of nitrogens with zero attached hydrogens (tertiary/aromatic N) is 2. The van der Waals surface area contributed by atoms with Crippen LogP contribution in [0.5, 0.6) is 11.5 Å². The Hall–Kier alpha value is -2.84. The maximum absolute atomic E-state index is 14.3. The van der Waals surface area contributed by atoms with Crippen molar-refractivity contribution in [1.82, 2.24) is 9.13 Å². The summed E-state index contributed by atoms with van der Waals surface area (Å²) in [7, 11) is 3.82. The van der Waals surface area contributed by atoms with Gasteiger partial charge in [-0.05, 0) is 19.3 Å². The van der Waals surface area contributed by atoms with E-state index < -0.39 is 23.3 Å². The van der Waals surface area contributed by atoms with Gasteiger partial charge in [-0.1, -0.05) is 0 Å². The quantitative estimate of drug-likeness (QED) is 0.898. The molecule has 3 rings (SSSR count). The molecule has 1 aliphatic heterocycles. The molecule has 0 unspecified atom stereocenters. The zero-order valence-electron chi connectivity index (χ0n) is 14.7. The molecule has 0 radical (unpaired) electrons. The van der Waals surface area contributed by atoms with Gasteiger partial charge in [0, 0.05) is 19.7 Å². The number of nitrogens with one attached hydrogen (secondary N) is 1. The molecular weight excluding hydrogens is 348 g/mol. The SMILES string of the molecule is COc1c(F)cc(NC(=O)c2c3n(c(=O)n2C)CCCC3)c(OC)c1F. The number of carbonyl (C=O) groups is 1. The van der Waals surface area contributed by atoms with E-state index in [0.717, 1.165) is 26.0 Å². The minimum atomic E-state index is -1.06. The van der Waals surface area contributed by atoms with E-state index in [4.69, 9.17) is 4.74 Å². The number of fused-ring (bicyclic) bond motifs is 1. The molecule has 26 heavy (non-hydrogen) atoms. The summed E-state index contributed by atoms with van der Waals surface area (Å²) < 4.78 is 40.7. The standard InChI is InChI=1S/C17H19F2N3O4/c1-21-13(11-6-4-5-7-22(11)17(21)24)16(23)20-10-8-9(18)14(25-2)12(19)15(10)26-3/h8H,4-7H2,1-3H3,(H,20,23). The minimum Gasteiger partial charge on any atom is -0.491 e. The molecule has 1 aromatic carbocycles. The van der Waals surface area contributed by atoms with Gasteiger partial charge < -0.3 is 14.8 Å². The molecule has 0 atom stereocenters. The molecule has 2 heterocycles. The number of ether oxygens (including phenoxy) is 2. The molecule has 140 valence electrons. The normalized spacial score (nSPS) is 13.3. The van der Waals surface area contributed by atoms with Crippen LogP contribution in [0.1, 0.15) is 29.0 Å². The molecule has 1 aromatic heterocycles. The van der Waals surface area contributed by atoms with E-state index >= 15 is 0 Å². The van der Waals surface area contributed by atoms with Crippen molar-refractivity contribution in [2.45, 2.75) is 25.8 Å². The molecule has 9 heteroatoms. The fraction of sp³-hybridized carbons (Fsp3) is 0.412. The third kappa shape index (κ3) is 2.73. The highest BCUT2D eigenvalue weighted by atomic mass is 19.1. The first kappa shape index (κ1) is 18.0. The van der Waals surface area contributed by atoms with Crippen LogP contribution in [0.2, 0.25) is 0 Å². The molecule has 0 saturated carbocycles. The summed E-state index contributed by atoms with van der Waals surface area (Å²) in [5.74, 6) is -3.63. The monoisotopic (exact) mass is 367 g/mol. The summed E-state index contributed by atoms with van der Waals surface area (Å²) in [6.45, 7) is 0.546. The van der Waals surface area contributed by atoms with Gasteiger partial charge >= 0.3 is 5.69 Å². The highest BCUT2D eigenvalue weighted by molar-refractivity contribution is 6.04. The van der Waals surface area contributed by atoms with Crippen LogP contribution < -0.4 is 20.5 Å². The van der Waals surface area contributed by atoms with Crippen molar-refractivity contribution in [3.63, 3.8) is 0 Å². The second-order valence-corrected chi connectivity index (χ2v) is 5.99. The second-order valence-electron chi connectivity index (χ2n) is 5.99. The van der Waals surface area contributed by atoms with Gasteiger partial charge in [0.1, 0.15) is 5.69 Å². The highest BCUT2D eigenvalue weighted by Crippen LogP contribution is 2.36. The molecule has 1 aliphatic rings. The lowest BCUT2D eigenvalue weighted by Gasteiger charge is -2.16. The summed E-state index contributed by atoms with van der Waals surface area (Å²) >= 11 is 0. The van der Waals surface area contributed by atoms with Crippen LogP contribution in [0.25, 0.3) is 0 Å². The first-order valence-corrected chi connectivity index (χ1v) is 8.10. The number of benzene rings is 1. The van der Waals surface area contributed by atoms with Crippen LogP contribution in [-0.2, 0) is 20.0 Å². The molecular formula is C17H19F2N3O4. The van der Waals surface area contributed by atoms with E-state index in [1.54, 1.807) is 4.57 Å². The first-order valence-electron chi connectivity index (χ1n) is 8.10.